The summed E-state index contributed by atoms with van der Waals surface area (Å²) in [4.78, 5) is 15.9. The fraction of sp³-hybridized carbons (Fsp3) is 0.500. The first-order valence-electron chi connectivity index (χ1n) is 9.05. The molecule has 26 heavy (non-hydrogen) atoms. The number of anilines is 1. The Hall–Kier alpha value is -2.03. The zero-order valence-corrected chi connectivity index (χ0v) is 15.5. The molecule has 2 aromatic rings. The average Bonchev–Trinajstić information content (AvgIpc) is 3.24. The van der Waals surface area contributed by atoms with Gasteiger partial charge in [0.25, 0.3) is 0 Å². The molecule has 1 N–H and O–H groups in total. The van der Waals surface area contributed by atoms with Crippen LogP contribution < -0.4 is 10.3 Å². The van der Waals surface area contributed by atoms with Crippen LogP contribution in [0, 0.1) is 5.92 Å². The number of piperidine rings is 1. The second-order valence-corrected chi connectivity index (χ2v) is 7.56. The summed E-state index contributed by atoms with van der Waals surface area (Å²) in [5.74, 6) is 0.916. The Balaban J connectivity index is 1.37. The number of ether oxygens (including phenoxy) is 1. The van der Waals surface area contributed by atoms with E-state index in [4.69, 9.17) is 4.74 Å². The molecule has 0 aromatic carbocycles. The van der Waals surface area contributed by atoms with Crippen LogP contribution in [0.1, 0.15) is 12.8 Å². The minimum Gasteiger partial charge on any atom is -0.379 e. The van der Waals surface area contributed by atoms with E-state index in [0.29, 0.717) is 19.8 Å². The number of nitrogens with one attached hydrogen (secondary N) is 1. The zero-order valence-electron chi connectivity index (χ0n) is 14.6. The summed E-state index contributed by atoms with van der Waals surface area (Å²) in [7, 11) is 0. The number of amides is 1. The van der Waals surface area contributed by atoms with E-state index in [0.717, 1.165) is 48.9 Å². The molecule has 0 saturated carbocycles. The van der Waals surface area contributed by atoms with E-state index in [2.05, 4.69) is 20.5 Å². The first-order valence-corrected chi connectivity index (χ1v) is 9.93. The van der Waals surface area contributed by atoms with Gasteiger partial charge in [-0.25, -0.2) is 5.01 Å². The highest BCUT2D eigenvalue weighted by atomic mass is 32.1. The quantitative estimate of drug-likeness (QED) is 0.881. The second-order valence-electron chi connectivity index (χ2n) is 6.61. The van der Waals surface area contributed by atoms with E-state index in [9.17, 15) is 4.79 Å². The molecule has 7 nitrogen and oxygen atoms in total. The van der Waals surface area contributed by atoms with E-state index >= 15 is 0 Å². The summed E-state index contributed by atoms with van der Waals surface area (Å²) in [5.41, 5.74) is 3.93. The van der Waals surface area contributed by atoms with Crippen molar-refractivity contribution in [1.82, 2.24) is 20.6 Å². The predicted octanol–water partition coefficient (Wildman–Crippen LogP) is 1.78. The number of hydrogen-bond acceptors (Lipinski definition) is 7. The number of aromatic nitrogens is 2. The molecule has 2 aromatic heterocycles. The summed E-state index contributed by atoms with van der Waals surface area (Å²) in [5, 5.41) is 12.7. The molecular formula is C18H23N5O2S. The van der Waals surface area contributed by atoms with Crippen LogP contribution in [0.25, 0.3) is 10.6 Å². The Morgan fingerprint density at radius 2 is 2.08 bits per heavy atom. The second kappa shape index (κ2) is 8.11. The molecule has 0 bridgehead atoms. The highest BCUT2D eigenvalue weighted by Crippen LogP contribution is 2.25. The van der Waals surface area contributed by atoms with Gasteiger partial charge in [0.15, 0.2) is 5.82 Å². The molecule has 138 valence electrons. The van der Waals surface area contributed by atoms with E-state index in [1.54, 1.807) is 11.3 Å². The molecule has 0 spiro atoms. The van der Waals surface area contributed by atoms with E-state index < -0.39 is 0 Å². The molecule has 4 heterocycles. The van der Waals surface area contributed by atoms with Crippen molar-refractivity contribution in [2.45, 2.75) is 12.8 Å². The number of nitrogens with zero attached hydrogens (tertiary/aromatic N) is 4. The van der Waals surface area contributed by atoms with Gasteiger partial charge in [-0.15, -0.1) is 21.5 Å². The van der Waals surface area contributed by atoms with Crippen LogP contribution in [0.2, 0.25) is 0 Å². The van der Waals surface area contributed by atoms with E-state index in [-0.39, 0.29) is 11.8 Å². The Kier molecular flexibility index (Phi) is 5.42. The third kappa shape index (κ3) is 4.03. The fourth-order valence-corrected chi connectivity index (χ4v) is 4.06. The first-order chi connectivity index (χ1) is 12.8. The van der Waals surface area contributed by atoms with E-state index in [1.165, 1.54) is 0 Å². The molecular weight excluding hydrogens is 350 g/mol. The Bertz CT molecular complexity index is 716. The number of morpholine rings is 1. The lowest BCUT2D eigenvalue weighted by Gasteiger charge is -2.34. The normalized spacial score (nSPS) is 21.5. The molecule has 2 saturated heterocycles. The largest absolute Gasteiger partial charge is 0.379 e. The Morgan fingerprint density at radius 1 is 1.19 bits per heavy atom. The summed E-state index contributed by atoms with van der Waals surface area (Å²) in [6.07, 6.45) is 1.89. The van der Waals surface area contributed by atoms with Gasteiger partial charge in [0.2, 0.25) is 5.91 Å². The maximum Gasteiger partial charge on any atom is 0.239 e. The van der Waals surface area contributed by atoms with Crippen molar-refractivity contribution in [2.75, 3.05) is 44.3 Å². The summed E-state index contributed by atoms with van der Waals surface area (Å²) < 4.78 is 5.32. The topological polar surface area (TPSA) is 70.6 Å². The monoisotopic (exact) mass is 373 g/mol. The van der Waals surface area contributed by atoms with Gasteiger partial charge in [-0.3, -0.25) is 10.2 Å². The number of thiophene rings is 1. The molecule has 2 fully saturated rings. The number of hydrogen-bond donors (Lipinski definition) is 1. The van der Waals surface area contributed by atoms with Gasteiger partial charge in [-0.2, -0.15) is 0 Å². The smallest absolute Gasteiger partial charge is 0.239 e. The lowest BCUT2D eigenvalue weighted by molar-refractivity contribution is -0.132. The van der Waals surface area contributed by atoms with Crippen molar-refractivity contribution in [3.05, 3.63) is 29.6 Å². The number of carbonyl (C=O) groups is 1. The lowest BCUT2D eigenvalue weighted by Crippen LogP contribution is -2.52. The van der Waals surface area contributed by atoms with Gasteiger partial charge in [0.05, 0.1) is 24.0 Å². The molecule has 4 rings (SSSR count). The number of hydrazine groups is 1. The van der Waals surface area contributed by atoms with Crippen molar-refractivity contribution >= 4 is 23.1 Å². The molecule has 0 unspecified atom stereocenters. The van der Waals surface area contributed by atoms with Crippen LogP contribution in [-0.4, -0.2) is 60.5 Å². The maximum absolute atomic E-state index is 12.6. The highest BCUT2D eigenvalue weighted by Gasteiger charge is 2.28. The van der Waals surface area contributed by atoms with Crippen LogP contribution >= 0.6 is 11.3 Å². The standard InChI is InChI=1S/C18H23N5O2S/c24-18(21-23-8-10-25-11-9-23)14-3-1-7-22(13-14)17-6-5-15(19-20-17)16-4-2-12-26-16/h2,4-6,12,14H,1,3,7-11,13H2,(H,21,24)/t14-/m0/s1. The highest BCUT2D eigenvalue weighted by molar-refractivity contribution is 7.13. The van der Waals surface area contributed by atoms with Gasteiger partial charge in [0.1, 0.15) is 5.69 Å². The van der Waals surface area contributed by atoms with Crippen molar-refractivity contribution < 1.29 is 9.53 Å². The summed E-state index contributed by atoms with van der Waals surface area (Å²) in [6.45, 7) is 4.43. The lowest BCUT2D eigenvalue weighted by atomic mass is 9.97. The number of carbonyl (C=O) groups excluding carboxylic acids is 1. The zero-order chi connectivity index (χ0) is 17.8. The third-order valence-electron chi connectivity index (χ3n) is 4.82. The maximum atomic E-state index is 12.6. The molecule has 2 aliphatic heterocycles. The van der Waals surface area contributed by atoms with Crippen molar-refractivity contribution in [3.63, 3.8) is 0 Å². The Labute approximate surface area is 156 Å². The predicted molar refractivity (Wildman–Crippen MR) is 101 cm³/mol. The fourth-order valence-electron chi connectivity index (χ4n) is 3.37. The molecule has 2 aliphatic rings. The minimum absolute atomic E-state index is 0.0228. The summed E-state index contributed by atoms with van der Waals surface area (Å²) in [6, 6.07) is 8.06. The summed E-state index contributed by atoms with van der Waals surface area (Å²) >= 11 is 1.66. The SMILES string of the molecule is O=C(NN1CCOCC1)[C@H]1CCCN(c2ccc(-c3cccs3)nn2)C1. The van der Waals surface area contributed by atoms with Crippen LogP contribution in [0.15, 0.2) is 29.6 Å². The van der Waals surface area contributed by atoms with Crippen LogP contribution in [0.3, 0.4) is 0 Å². The van der Waals surface area contributed by atoms with E-state index in [1.807, 2.05) is 34.7 Å². The molecule has 0 aliphatic carbocycles. The van der Waals surface area contributed by atoms with Crippen LogP contribution in [-0.2, 0) is 9.53 Å². The van der Waals surface area contributed by atoms with Gasteiger partial charge in [-0.05, 0) is 36.4 Å². The van der Waals surface area contributed by atoms with Gasteiger partial charge < -0.3 is 9.64 Å². The van der Waals surface area contributed by atoms with Gasteiger partial charge in [-0.1, -0.05) is 6.07 Å². The van der Waals surface area contributed by atoms with Crippen LogP contribution in [0.5, 0.6) is 0 Å². The average molecular weight is 373 g/mol. The first kappa shape index (κ1) is 17.4. The molecule has 1 amide bonds. The van der Waals surface area contributed by atoms with Crippen molar-refractivity contribution in [2.24, 2.45) is 5.92 Å². The third-order valence-corrected chi connectivity index (χ3v) is 5.71. The molecule has 1 atom stereocenters. The van der Waals surface area contributed by atoms with Crippen LogP contribution in [0.4, 0.5) is 5.82 Å². The minimum atomic E-state index is -0.0228. The van der Waals surface area contributed by atoms with Gasteiger partial charge >= 0.3 is 0 Å². The molecule has 0 radical (unpaired) electrons. The van der Waals surface area contributed by atoms with Crippen molar-refractivity contribution in [1.29, 1.82) is 0 Å². The molecule has 8 heteroatoms. The van der Waals surface area contributed by atoms with Gasteiger partial charge in [0, 0.05) is 26.2 Å². The number of rotatable bonds is 4. The Morgan fingerprint density at radius 3 is 2.81 bits per heavy atom. The van der Waals surface area contributed by atoms with Crippen molar-refractivity contribution in [3.8, 4) is 10.6 Å².